The predicted octanol–water partition coefficient (Wildman–Crippen LogP) is 2.73. The van der Waals surface area contributed by atoms with E-state index in [4.69, 9.17) is 10.4 Å². The highest BCUT2D eigenvalue weighted by molar-refractivity contribution is 5.56. The van der Waals surface area contributed by atoms with E-state index in [0.717, 1.165) is 11.1 Å². The molecule has 1 aromatic rings. The van der Waals surface area contributed by atoms with Gasteiger partial charge >= 0.3 is 0 Å². The third kappa shape index (κ3) is 2.91. The molecule has 0 aromatic heterocycles. The highest BCUT2D eigenvalue weighted by Gasteiger charge is 2.04. The Morgan fingerprint density at radius 2 is 2.25 bits per heavy atom. The van der Waals surface area contributed by atoms with E-state index in [9.17, 15) is 4.39 Å². The molecule has 0 radical (unpaired) electrons. The van der Waals surface area contributed by atoms with Crippen molar-refractivity contribution in [3.05, 3.63) is 40.7 Å². The Kier molecular flexibility index (Phi) is 4.21. The van der Waals surface area contributed by atoms with Crippen LogP contribution in [-0.2, 0) is 0 Å². The maximum absolute atomic E-state index is 13.1. The van der Waals surface area contributed by atoms with Crippen LogP contribution in [0.25, 0.3) is 6.08 Å². The maximum Gasteiger partial charge on any atom is 0.140 e. The molecule has 0 heterocycles. The minimum Gasteiger partial charge on any atom is -0.392 e. The van der Waals surface area contributed by atoms with E-state index < -0.39 is 5.82 Å². The van der Waals surface area contributed by atoms with Gasteiger partial charge in [0.1, 0.15) is 11.9 Å². The Hall–Kier alpha value is -1.66. The van der Waals surface area contributed by atoms with Gasteiger partial charge in [-0.1, -0.05) is 26.0 Å². The lowest BCUT2D eigenvalue weighted by atomic mass is 10.0. The molecular weight excluding hydrogens is 205 g/mol. The van der Waals surface area contributed by atoms with Gasteiger partial charge in [-0.15, -0.1) is 0 Å². The first-order valence-electron chi connectivity index (χ1n) is 5.09. The third-order valence-corrected chi connectivity index (χ3v) is 2.39. The van der Waals surface area contributed by atoms with Crippen molar-refractivity contribution < 1.29 is 9.50 Å². The lowest BCUT2D eigenvalue weighted by Gasteiger charge is -2.08. The van der Waals surface area contributed by atoms with Gasteiger partial charge in [0.25, 0.3) is 0 Å². The van der Waals surface area contributed by atoms with E-state index in [1.54, 1.807) is 18.2 Å². The Morgan fingerprint density at radius 3 is 2.75 bits per heavy atom. The molecule has 16 heavy (non-hydrogen) atoms. The maximum atomic E-state index is 13.1. The smallest absolute Gasteiger partial charge is 0.140 e. The molecule has 0 aliphatic heterocycles. The van der Waals surface area contributed by atoms with E-state index in [2.05, 4.69) is 0 Å². The summed E-state index contributed by atoms with van der Waals surface area (Å²) < 4.78 is 13.1. The lowest BCUT2D eigenvalue weighted by molar-refractivity contribution is 0.320. The first-order chi connectivity index (χ1) is 7.58. The van der Waals surface area contributed by atoms with Gasteiger partial charge in [-0.05, 0) is 29.2 Å². The molecule has 1 rings (SSSR count). The summed E-state index contributed by atoms with van der Waals surface area (Å²) in [6.07, 6.45) is 1.78. The van der Waals surface area contributed by atoms with E-state index in [1.807, 2.05) is 13.8 Å². The van der Waals surface area contributed by atoms with Gasteiger partial charge in [0.05, 0.1) is 12.2 Å². The van der Waals surface area contributed by atoms with Crippen LogP contribution in [0.15, 0.2) is 23.8 Å². The number of benzene rings is 1. The highest BCUT2D eigenvalue weighted by Crippen LogP contribution is 2.16. The van der Waals surface area contributed by atoms with Crippen LogP contribution in [0.3, 0.4) is 0 Å². The van der Waals surface area contributed by atoms with Gasteiger partial charge in [-0.2, -0.15) is 5.26 Å². The standard InChI is InChI=1S/C13H14FNO/c1-9(2)12(8-16)6-10-3-4-13(14)11(5-10)7-15/h3-6,9,16H,8H2,1-2H3/b12-6+. The Balaban J connectivity index is 3.11. The van der Waals surface area contributed by atoms with E-state index >= 15 is 0 Å². The number of halogens is 1. The monoisotopic (exact) mass is 219 g/mol. The SMILES string of the molecule is CC(C)/C(=C/c1ccc(F)c(C#N)c1)CO. The fourth-order valence-electron chi connectivity index (χ4n) is 1.33. The first-order valence-corrected chi connectivity index (χ1v) is 5.09. The van der Waals surface area contributed by atoms with Crippen LogP contribution in [0.5, 0.6) is 0 Å². The molecular formula is C13H14FNO. The molecule has 3 heteroatoms. The quantitative estimate of drug-likeness (QED) is 0.849. The van der Waals surface area contributed by atoms with Crippen molar-refractivity contribution in [2.45, 2.75) is 13.8 Å². The van der Waals surface area contributed by atoms with Gasteiger partial charge in [-0.25, -0.2) is 4.39 Å². The molecule has 0 saturated carbocycles. The molecule has 1 aromatic carbocycles. The molecule has 0 unspecified atom stereocenters. The van der Waals surface area contributed by atoms with Gasteiger partial charge in [0.15, 0.2) is 0 Å². The van der Waals surface area contributed by atoms with Crippen LogP contribution in [-0.4, -0.2) is 11.7 Å². The normalized spacial score (nSPS) is 11.6. The number of hydrogen-bond acceptors (Lipinski definition) is 2. The van der Waals surface area contributed by atoms with Crippen LogP contribution in [0.2, 0.25) is 0 Å². The second-order valence-corrected chi connectivity index (χ2v) is 3.88. The minimum absolute atomic E-state index is 0.0230. The van der Waals surface area contributed by atoms with Crippen LogP contribution < -0.4 is 0 Å². The zero-order valence-electron chi connectivity index (χ0n) is 9.37. The molecule has 0 bridgehead atoms. The largest absolute Gasteiger partial charge is 0.392 e. The van der Waals surface area contributed by atoms with E-state index in [-0.39, 0.29) is 18.1 Å². The molecule has 0 amide bonds. The van der Waals surface area contributed by atoms with Gasteiger partial charge in [-0.3, -0.25) is 0 Å². The molecule has 0 spiro atoms. The number of nitrogens with zero attached hydrogens (tertiary/aromatic N) is 1. The van der Waals surface area contributed by atoms with Crippen molar-refractivity contribution in [3.63, 3.8) is 0 Å². The Morgan fingerprint density at radius 1 is 1.56 bits per heavy atom. The van der Waals surface area contributed by atoms with Crippen LogP contribution in [0.1, 0.15) is 25.0 Å². The summed E-state index contributed by atoms with van der Waals surface area (Å²) in [7, 11) is 0. The summed E-state index contributed by atoms with van der Waals surface area (Å²) in [5.41, 5.74) is 1.61. The number of aliphatic hydroxyl groups is 1. The molecule has 2 nitrogen and oxygen atoms in total. The van der Waals surface area contributed by atoms with Crippen molar-refractivity contribution in [2.24, 2.45) is 5.92 Å². The third-order valence-electron chi connectivity index (χ3n) is 2.39. The van der Waals surface area contributed by atoms with Gasteiger partial charge in [0, 0.05) is 0 Å². The number of nitriles is 1. The second-order valence-electron chi connectivity index (χ2n) is 3.88. The molecule has 0 atom stereocenters. The van der Waals surface area contributed by atoms with Crippen molar-refractivity contribution in [3.8, 4) is 6.07 Å². The molecule has 0 aliphatic rings. The van der Waals surface area contributed by atoms with E-state index in [0.29, 0.717) is 0 Å². The number of aliphatic hydroxyl groups excluding tert-OH is 1. The van der Waals surface area contributed by atoms with Crippen molar-refractivity contribution in [1.82, 2.24) is 0 Å². The fourth-order valence-corrected chi connectivity index (χ4v) is 1.33. The van der Waals surface area contributed by atoms with Crippen LogP contribution >= 0.6 is 0 Å². The highest BCUT2D eigenvalue weighted by atomic mass is 19.1. The molecule has 0 fully saturated rings. The topological polar surface area (TPSA) is 44.0 Å². The molecule has 84 valence electrons. The molecule has 1 N–H and O–H groups in total. The zero-order chi connectivity index (χ0) is 12.1. The average molecular weight is 219 g/mol. The first kappa shape index (κ1) is 12.4. The average Bonchev–Trinajstić information content (AvgIpc) is 2.27. The summed E-state index contributed by atoms with van der Waals surface area (Å²) in [5.74, 6) is -0.296. The summed E-state index contributed by atoms with van der Waals surface area (Å²) in [6.45, 7) is 3.91. The predicted molar refractivity (Wildman–Crippen MR) is 61.0 cm³/mol. The van der Waals surface area contributed by atoms with E-state index in [1.165, 1.54) is 12.1 Å². The van der Waals surface area contributed by atoms with Crippen LogP contribution in [0.4, 0.5) is 4.39 Å². The molecule has 0 aliphatic carbocycles. The van der Waals surface area contributed by atoms with Crippen molar-refractivity contribution >= 4 is 6.08 Å². The minimum atomic E-state index is -0.519. The number of rotatable bonds is 3. The Labute approximate surface area is 94.6 Å². The summed E-state index contributed by atoms with van der Waals surface area (Å²) in [5, 5.41) is 17.8. The summed E-state index contributed by atoms with van der Waals surface area (Å²) in [6, 6.07) is 6.12. The fraction of sp³-hybridized carbons (Fsp3) is 0.308. The van der Waals surface area contributed by atoms with Gasteiger partial charge in [0.2, 0.25) is 0 Å². The zero-order valence-corrected chi connectivity index (χ0v) is 9.37. The molecule has 0 saturated heterocycles. The second kappa shape index (κ2) is 5.43. The lowest BCUT2D eigenvalue weighted by Crippen LogP contribution is -1.99. The Bertz CT molecular complexity index is 444. The summed E-state index contributed by atoms with van der Waals surface area (Å²) in [4.78, 5) is 0. The number of hydrogen-bond donors (Lipinski definition) is 1. The van der Waals surface area contributed by atoms with Crippen molar-refractivity contribution in [1.29, 1.82) is 5.26 Å². The van der Waals surface area contributed by atoms with Crippen molar-refractivity contribution in [2.75, 3.05) is 6.61 Å². The van der Waals surface area contributed by atoms with Crippen LogP contribution in [0, 0.1) is 23.1 Å². The van der Waals surface area contributed by atoms with Gasteiger partial charge < -0.3 is 5.11 Å². The summed E-state index contributed by atoms with van der Waals surface area (Å²) >= 11 is 0.